The van der Waals surface area contributed by atoms with Crippen LogP contribution in [0.1, 0.15) is 20.3 Å². The molecule has 1 aliphatic heterocycles. The highest BCUT2D eigenvalue weighted by molar-refractivity contribution is 5.73. The molecular weight excluding hydrogens is 132 g/mol. The summed E-state index contributed by atoms with van der Waals surface area (Å²) >= 11 is 0. The second kappa shape index (κ2) is 2.58. The van der Waals surface area contributed by atoms with E-state index in [-0.39, 0.29) is 18.0 Å². The van der Waals surface area contributed by atoms with Gasteiger partial charge in [-0.25, -0.2) is 0 Å². The van der Waals surface area contributed by atoms with Crippen molar-refractivity contribution in [2.75, 3.05) is 0 Å². The molecule has 1 aliphatic rings. The van der Waals surface area contributed by atoms with Crippen molar-refractivity contribution in [1.29, 1.82) is 0 Å². The van der Waals surface area contributed by atoms with Gasteiger partial charge in [0.25, 0.3) is 0 Å². The quantitative estimate of drug-likeness (QED) is 0.498. The lowest BCUT2D eigenvalue weighted by Gasteiger charge is -2.27. The lowest BCUT2D eigenvalue weighted by molar-refractivity contribution is -0.166. The third-order valence-electron chi connectivity index (χ3n) is 1.84. The molecule has 58 valence electrons. The molecule has 0 amide bonds. The maximum Gasteiger partial charge on any atom is 0.311 e. The van der Waals surface area contributed by atoms with Crippen LogP contribution in [0.4, 0.5) is 0 Å². The number of hydrogen-bond acceptors (Lipinski definition) is 3. The number of esters is 1. The van der Waals surface area contributed by atoms with E-state index in [4.69, 9.17) is 4.74 Å². The van der Waals surface area contributed by atoms with Crippen LogP contribution >= 0.6 is 0 Å². The van der Waals surface area contributed by atoms with Gasteiger partial charge in [0.2, 0.25) is 0 Å². The summed E-state index contributed by atoms with van der Waals surface area (Å²) in [5, 5.41) is 9.22. The zero-order chi connectivity index (χ0) is 7.72. The van der Waals surface area contributed by atoms with Crippen molar-refractivity contribution in [3.63, 3.8) is 0 Å². The molecule has 0 aromatic carbocycles. The first kappa shape index (κ1) is 7.54. The highest BCUT2D eigenvalue weighted by Gasteiger charge is 2.31. The van der Waals surface area contributed by atoms with Crippen molar-refractivity contribution < 1.29 is 14.6 Å². The smallest absolute Gasteiger partial charge is 0.311 e. The molecule has 1 fully saturated rings. The number of ether oxygens (including phenoxy) is 1. The van der Waals surface area contributed by atoms with Crippen LogP contribution in [-0.2, 0) is 9.53 Å². The first-order valence-electron chi connectivity index (χ1n) is 3.50. The zero-order valence-corrected chi connectivity index (χ0v) is 6.20. The second-order valence-electron chi connectivity index (χ2n) is 2.84. The molecule has 1 heterocycles. The van der Waals surface area contributed by atoms with Crippen LogP contribution in [0.2, 0.25) is 0 Å². The van der Waals surface area contributed by atoms with Gasteiger partial charge < -0.3 is 9.84 Å². The monoisotopic (exact) mass is 144 g/mol. The van der Waals surface area contributed by atoms with Gasteiger partial charge >= 0.3 is 5.97 Å². The Hall–Kier alpha value is -0.570. The van der Waals surface area contributed by atoms with E-state index in [1.54, 1.807) is 13.8 Å². The van der Waals surface area contributed by atoms with Crippen LogP contribution in [0.15, 0.2) is 0 Å². The number of rotatable bonds is 0. The predicted octanol–water partition coefficient (Wildman–Crippen LogP) is 0.319. The summed E-state index contributed by atoms with van der Waals surface area (Å²) in [7, 11) is 0. The van der Waals surface area contributed by atoms with Gasteiger partial charge in [-0.3, -0.25) is 4.79 Å². The van der Waals surface area contributed by atoms with E-state index >= 15 is 0 Å². The Morgan fingerprint density at radius 1 is 1.60 bits per heavy atom. The van der Waals surface area contributed by atoms with Crippen molar-refractivity contribution in [3.8, 4) is 0 Å². The molecule has 3 heteroatoms. The lowest BCUT2D eigenvalue weighted by atomic mass is 9.97. The number of cyclic esters (lactones) is 1. The molecule has 0 unspecified atom stereocenters. The van der Waals surface area contributed by atoms with E-state index in [2.05, 4.69) is 0 Å². The van der Waals surface area contributed by atoms with E-state index in [9.17, 15) is 9.90 Å². The Labute approximate surface area is 60.0 Å². The van der Waals surface area contributed by atoms with Gasteiger partial charge in [0.05, 0.1) is 12.0 Å². The molecule has 0 spiro atoms. The van der Waals surface area contributed by atoms with Crippen molar-refractivity contribution in [2.45, 2.75) is 32.5 Å². The standard InChI is InChI=1S/C7H12O3/c1-4-3-6(8)5(2)7(9)10-4/h4-6,8H,3H2,1-2H3/t4-,5+,6+/m1/s1. The molecule has 1 N–H and O–H groups in total. The Morgan fingerprint density at radius 3 is 2.70 bits per heavy atom. The van der Waals surface area contributed by atoms with Gasteiger partial charge in [-0.05, 0) is 13.8 Å². The molecule has 0 bridgehead atoms. The number of carbonyl (C=O) groups is 1. The number of carbonyl (C=O) groups excluding carboxylic acids is 1. The third kappa shape index (κ3) is 1.29. The topological polar surface area (TPSA) is 46.5 Å². The minimum atomic E-state index is -0.517. The Balaban J connectivity index is 2.57. The summed E-state index contributed by atoms with van der Waals surface area (Å²) in [4.78, 5) is 10.8. The van der Waals surface area contributed by atoms with Crippen molar-refractivity contribution in [1.82, 2.24) is 0 Å². The normalized spacial score (nSPS) is 41.1. The van der Waals surface area contributed by atoms with Gasteiger partial charge in [-0.15, -0.1) is 0 Å². The Morgan fingerprint density at radius 2 is 2.20 bits per heavy atom. The van der Waals surface area contributed by atoms with Crippen LogP contribution in [0, 0.1) is 5.92 Å². The molecule has 1 saturated heterocycles. The number of aliphatic hydroxyl groups is 1. The highest BCUT2D eigenvalue weighted by Crippen LogP contribution is 2.19. The van der Waals surface area contributed by atoms with Crippen molar-refractivity contribution in [3.05, 3.63) is 0 Å². The van der Waals surface area contributed by atoms with Gasteiger partial charge in [0.15, 0.2) is 0 Å². The first-order chi connectivity index (χ1) is 4.61. The van der Waals surface area contributed by atoms with Crippen molar-refractivity contribution in [2.24, 2.45) is 5.92 Å². The summed E-state index contributed by atoms with van der Waals surface area (Å²) in [5.74, 6) is -0.637. The largest absolute Gasteiger partial charge is 0.462 e. The summed E-state index contributed by atoms with van der Waals surface area (Å²) in [6.07, 6.45) is -0.0812. The van der Waals surface area contributed by atoms with Gasteiger partial charge in [0, 0.05) is 6.42 Å². The molecule has 0 saturated carbocycles. The van der Waals surface area contributed by atoms with Crippen molar-refractivity contribution >= 4 is 5.97 Å². The summed E-state index contributed by atoms with van der Waals surface area (Å²) < 4.78 is 4.87. The van der Waals surface area contributed by atoms with E-state index in [0.717, 1.165) is 0 Å². The predicted molar refractivity (Wildman–Crippen MR) is 35.3 cm³/mol. The molecule has 1 rings (SSSR count). The van der Waals surface area contributed by atoms with Crippen LogP contribution in [-0.4, -0.2) is 23.3 Å². The Bertz CT molecular complexity index is 144. The summed E-state index contributed by atoms with van der Waals surface area (Å²) in [6, 6.07) is 0. The van der Waals surface area contributed by atoms with Gasteiger partial charge in [0.1, 0.15) is 6.10 Å². The second-order valence-corrected chi connectivity index (χ2v) is 2.84. The molecule has 0 aliphatic carbocycles. The van der Waals surface area contributed by atoms with Crippen LogP contribution in [0.3, 0.4) is 0 Å². The summed E-state index contributed by atoms with van der Waals surface area (Å²) in [6.45, 7) is 3.46. The molecule has 0 aromatic rings. The molecule has 0 aromatic heterocycles. The van der Waals surface area contributed by atoms with Gasteiger partial charge in [-0.2, -0.15) is 0 Å². The number of hydrogen-bond donors (Lipinski definition) is 1. The molecule has 10 heavy (non-hydrogen) atoms. The van der Waals surface area contributed by atoms with E-state index < -0.39 is 6.10 Å². The molecule has 3 nitrogen and oxygen atoms in total. The minimum Gasteiger partial charge on any atom is -0.462 e. The SMILES string of the molecule is C[C@@H]1C[C@H](O)[C@H](C)C(=O)O1. The molecule has 0 radical (unpaired) electrons. The maximum atomic E-state index is 10.8. The van der Waals surface area contributed by atoms with Crippen LogP contribution < -0.4 is 0 Å². The fourth-order valence-electron chi connectivity index (χ4n) is 1.06. The summed E-state index contributed by atoms with van der Waals surface area (Å²) in [5.41, 5.74) is 0. The van der Waals surface area contributed by atoms with E-state index in [1.807, 2.05) is 0 Å². The average Bonchev–Trinajstić information content (AvgIpc) is 1.82. The zero-order valence-electron chi connectivity index (χ0n) is 6.20. The Kier molecular flexibility index (Phi) is 1.94. The lowest BCUT2D eigenvalue weighted by Crippen LogP contribution is -2.38. The van der Waals surface area contributed by atoms with Crippen LogP contribution in [0.5, 0.6) is 0 Å². The fourth-order valence-corrected chi connectivity index (χ4v) is 1.06. The first-order valence-corrected chi connectivity index (χ1v) is 3.50. The molecule has 3 atom stereocenters. The average molecular weight is 144 g/mol. The third-order valence-corrected chi connectivity index (χ3v) is 1.84. The number of aliphatic hydroxyl groups excluding tert-OH is 1. The fraction of sp³-hybridized carbons (Fsp3) is 0.857. The molecular formula is C7H12O3. The highest BCUT2D eigenvalue weighted by atomic mass is 16.5. The minimum absolute atomic E-state index is 0.126. The van der Waals surface area contributed by atoms with Crippen LogP contribution in [0.25, 0.3) is 0 Å². The van der Waals surface area contributed by atoms with E-state index in [0.29, 0.717) is 6.42 Å². The van der Waals surface area contributed by atoms with E-state index in [1.165, 1.54) is 0 Å². The maximum absolute atomic E-state index is 10.8. The van der Waals surface area contributed by atoms with Gasteiger partial charge in [-0.1, -0.05) is 0 Å².